The van der Waals surface area contributed by atoms with Crippen LogP contribution in [0.1, 0.15) is 30.0 Å². The highest BCUT2D eigenvalue weighted by Gasteiger charge is 2.29. The molecule has 23 heavy (non-hydrogen) atoms. The average molecular weight is 305 g/mol. The lowest BCUT2D eigenvalue weighted by Crippen LogP contribution is -2.39. The van der Waals surface area contributed by atoms with Crippen molar-refractivity contribution in [2.75, 3.05) is 13.1 Å². The predicted octanol–water partition coefficient (Wildman–Crippen LogP) is 2.98. The molecule has 1 unspecified atom stereocenters. The van der Waals surface area contributed by atoms with Gasteiger partial charge in [0.15, 0.2) is 0 Å². The molecule has 0 radical (unpaired) electrons. The number of amides is 2. The minimum Gasteiger partial charge on any atom is -0.327 e. The Kier molecular flexibility index (Phi) is 4.90. The Hall–Kier alpha value is -2.80. The number of hydrogen-bond donors (Lipinski definition) is 1. The Balaban J connectivity index is 1.57. The maximum absolute atomic E-state index is 12.4. The van der Waals surface area contributed by atoms with Gasteiger partial charge in [0.2, 0.25) is 0 Å². The van der Waals surface area contributed by atoms with Gasteiger partial charge < -0.3 is 10.2 Å². The quantitative estimate of drug-likeness (QED) is 0.867. The molecule has 3 rings (SSSR count). The first-order chi connectivity index (χ1) is 11.3. The van der Waals surface area contributed by atoms with E-state index in [4.69, 9.17) is 0 Å². The summed E-state index contributed by atoms with van der Waals surface area (Å²) in [5.74, 6) is 6.03. The third kappa shape index (κ3) is 3.89. The van der Waals surface area contributed by atoms with Crippen LogP contribution in [0.4, 0.5) is 4.79 Å². The largest absolute Gasteiger partial charge is 0.327 e. The third-order valence-corrected chi connectivity index (χ3v) is 3.94. The van der Waals surface area contributed by atoms with E-state index in [2.05, 4.69) is 22.1 Å². The molecule has 0 aliphatic carbocycles. The summed E-state index contributed by atoms with van der Waals surface area (Å²) in [6.07, 6.45) is 5.56. The molecule has 1 aromatic carbocycles. The van der Waals surface area contributed by atoms with E-state index in [0.717, 1.165) is 30.5 Å². The Morgan fingerprint density at radius 1 is 1.22 bits per heavy atom. The summed E-state index contributed by atoms with van der Waals surface area (Å²) in [6, 6.07) is 13.8. The number of nitrogens with zero attached hydrogens (tertiary/aromatic N) is 2. The molecule has 1 aromatic heterocycles. The van der Waals surface area contributed by atoms with E-state index in [1.807, 2.05) is 47.4 Å². The second-order valence-corrected chi connectivity index (χ2v) is 5.46. The number of hydrogen-bond acceptors (Lipinski definition) is 2. The van der Waals surface area contributed by atoms with Crippen LogP contribution in [0, 0.1) is 11.8 Å². The van der Waals surface area contributed by atoms with Crippen molar-refractivity contribution in [1.29, 1.82) is 0 Å². The lowest BCUT2D eigenvalue weighted by Gasteiger charge is -2.24. The van der Waals surface area contributed by atoms with Gasteiger partial charge in [0.05, 0.1) is 12.6 Å². The minimum absolute atomic E-state index is 0.0494. The summed E-state index contributed by atoms with van der Waals surface area (Å²) in [7, 11) is 0. The van der Waals surface area contributed by atoms with Crippen molar-refractivity contribution in [3.05, 3.63) is 66.0 Å². The van der Waals surface area contributed by atoms with Gasteiger partial charge in [-0.1, -0.05) is 30.0 Å². The van der Waals surface area contributed by atoms with E-state index in [-0.39, 0.29) is 12.1 Å². The molecule has 0 bridgehead atoms. The van der Waals surface area contributed by atoms with Crippen LogP contribution in [0.15, 0.2) is 54.9 Å². The van der Waals surface area contributed by atoms with Gasteiger partial charge >= 0.3 is 6.03 Å². The average Bonchev–Trinajstić information content (AvgIpc) is 3.10. The molecule has 2 amide bonds. The second-order valence-electron chi connectivity index (χ2n) is 5.46. The number of carbonyl (C=O) groups is 1. The first-order valence-electron chi connectivity index (χ1n) is 7.83. The van der Waals surface area contributed by atoms with Crippen molar-refractivity contribution in [2.24, 2.45) is 0 Å². The van der Waals surface area contributed by atoms with E-state index in [9.17, 15) is 4.79 Å². The molecule has 1 aliphatic rings. The first-order valence-corrected chi connectivity index (χ1v) is 7.83. The molecule has 2 aromatic rings. The zero-order valence-electron chi connectivity index (χ0n) is 12.9. The van der Waals surface area contributed by atoms with Gasteiger partial charge in [0.1, 0.15) is 0 Å². The van der Waals surface area contributed by atoms with Crippen molar-refractivity contribution in [2.45, 2.75) is 18.9 Å². The van der Waals surface area contributed by atoms with E-state index in [1.54, 1.807) is 12.4 Å². The van der Waals surface area contributed by atoms with Crippen molar-refractivity contribution in [3.8, 4) is 11.8 Å². The molecule has 0 spiro atoms. The Morgan fingerprint density at radius 3 is 2.78 bits per heavy atom. The number of urea groups is 1. The molecule has 4 nitrogen and oxygen atoms in total. The molecule has 1 N–H and O–H groups in total. The van der Waals surface area contributed by atoms with Crippen molar-refractivity contribution in [3.63, 3.8) is 0 Å². The summed E-state index contributed by atoms with van der Waals surface area (Å²) in [4.78, 5) is 18.3. The highest BCUT2D eigenvalue weighted by Crippen LogP contribution is 2.31. The molecule has 2 heterocycles. The molecule has 4 heteroatoms. The summed E-state index contributed by atoms with van der Waals surface area (Å²) < 4.78 is 0. The lowest BCUT2D eigenvalue weighted by atomic mass is 10.1. The van der Waals surface area contributed by atoms with Crippen molar-refractivity contribution < 1.29 is 4.79 Å². The van der Waals surface area contributed by atoms with E-state index < -0.39 is 0 Å². The zero-order valence-corrected chi connectivity index (χ0v) is 12.9. The number of rotatable bonds is 2. The van der Waals surface area contributed by atoms with E-state index in [0.29, 0.717) is 6.54 Å². The normalized spacial score (nSPS) is 16.5. The third-order valence-electron chi connectivity index (χ3n) is 3.94. The summed E-state index contributed by atoms with van der Waals surface area (Å²) in [6.45, 7) is 1.14. The van der Waals surface area contributed by atoms with Crippen LogP contribution >= 0.6 is 0 Å². The van der Waals surface area contributed by atoms with Crippen molar-refractivity contribution in [1.82, 2.24) is 15.2 Å². The zero-order chi connectivity index (χ0) is 15.9. The van der Waals surface area contributed by atoms with Crippen LogP contribution in [0.3, 0.4) is 0 Å². The number of nitrogens with one attached hydrogen (secondary N) is 1. The van der Waals surface area contributed by atoms with E-state index >= 15 is 0 Å². The lowest BCUT2D eigenvalue weighted by molar-refractivity contribution is 0.194. The van der Waals surface area contributed by atoms with Crippen molar-refractivity contribution >= 4 is 6.03 Å². The van der Waals surface area contributed by atoms with Gasteiger partial charge in [-0.05, 0) is 42.7 Å². The topological polar surface area (TPSA) is 45.2 Å². The predicted molar refractivity (Wildman–Crippen MR) is 89.6 cm³/mol. The van der Waals surface area contributed by atoms with Crippen LogP contribution < -0.4 is 5.32 Å². The van der Waals surface area contributed by atoms with Crippen LogP contribution in [-0.2, 0) is 0 Å². The summed E-state index contributed by atoms with van der Waals surface area (Å²) in [5, 5.41) is 2.89. The molecular weight excluding hydrogens is 286 g/mol. The van der Waals surface area contributed by atoms with Gasteiger partial charge in [-0.2, -0.15) is 0 Å². The summed E-state index contributed by atoms with van der Waals surface area (Å²) in [5.41, 5.74) is 2.10. The first kappa shape index (κ1) is 15.1. The number of likely N-dealkylation sites (tertiary alicyclic amines) is 1. The molecule has 0 saturated carbocycles. The molecule has 1 saturated heterocycles. The van der Waals surface area contributed by atoms with E-state index in [1.165, 1.54) is 0 Å². The van der Waals surface area contributed by atoms with Gasteiger partial charge in [-0.3, -0.25) is 4.98 Å². The van der Waals surface area contributed by atoms with Gasteiger partial charge in [0.25, 0.3) is 0 Å². The molecule has 1 aliphatic heterocycles. The maximum Gasteiger partial charge on any atom is 0.318 e. The second kappa shape index (κ2) is 7.46. The minimum atomic E-state index is -0.0494. The van der Waals surface area contributed by atoms with Crippen LogP contribution in [-0.4, -0.2) is 29.0 Å². The Morgan fingerprint density at radius 2 is 2.00 bits per heavy atom. The number of benzene rings is 1. The fourth-order valence-electron chi connectivity index (χ4n) is 2.83. The fourth-order valence-corrected chi connectivity index (χ4v) is 2.83. The van der Waals surface area contributed by atoms with Gasteiger partial charge in [-0.25, -0.2) is 4.79 Å². The fraction of sp³-hybridized carbons (Fsp3) is 0.263. The number of pyridine rings is 1. The molecular formula is C19H19N3O. The van der Waals surface area contributed by atoms with Gasteiger partial charge in [-0.15, -0.1) is 0 Å². The number of aromatic nitrogens is 1. The van der Waals surface area contributed by atoms with Crippen LogP contribution in [0.25, 0.3) is 0 Å². The standard InChI is InChI=1S/C19H19N3O/c23-19(21-12-4-8-16-6-2-1-3-7-16)22-15-5-9-18(22)17-10-13-20-14-11-17/h1-3,6-7,10-11,13-14,18H,5,9,12,15H2,(H,21,23). The smallest absolute Gasteiger partial charge is 0.318 e. The Bertz CT molecular complexity index is 704. The SMILES string of the molecule is O=C(NCC#Cc1ccccc1)N1CCCC1c1ccncc1. The number of carbonyl (C=O) groups excluding carboxylic acids is 1. The maximum atomic E-state index is 12.4. The highest BCUT2D eigenvalue weighted by atomic mass is 16.2. The van der Waals surface area contributed by atoms with Gasteiger partial charge in [0, 0.05) is 24.5 Å². The summed E-state index contributed by atoms with van der Waals surface area (Å²) >= 11 is 0. The van der Waals surface area contributed by atoms with Crippen LogP contribution in [0.5, 0.6) is 0 Å². The molecule has 1 atom stereocenters. The highest BCUT2D eigenvalue weighted by molar-refractivity contribution is 5.75. The molecule has 116 valence electrons. The Labute approximate surface area is 136 Å². The monoisotopic (exact) mass is 305 g/mol. The molecule has 1 fully saturated rings. The van der Waals surface area contributed by atoms with Crippen LogP contribution in [0.2, 0.25) is 0 Å².